The maximum Gasteiger partial charge on any atom is 0.145 e. The van der Waals surface area contributed by atoms with E-state index in [1.165, 1.54) is 30.7 Å². The second-order valence-electron chi connectivity index (χ2n) is 5.55. The van der Waals surface area contributed by atoms with Crippen molar-refractivity contribution in [3.63, 3.8) is 0 Å². The van der Waals surface area contributed by atoms with Crippen LogP contribution in [0.25, 0.3) is 0 Å². The number of rotatable bonds is 4. The number of aryl methyl sites for hydroxylation is 1. The van der Waals surface area contributed by atoms with E-state index in [1.807, 2.05) is 0 Å². The van der Waals surface area contributed by atoms with Crippen molar-refractivity contribution >= 4 is 0 Å². The largest absolute Gasteiger partial charge is 0.307 e. The molecule has 0 aliphatic carbocycles. The summed E-state index contributed by atoms with van der Waals surface area (Å²) >= 11 is 0. The first kappa shape index (κ1) is 13.5. The van der Waals surface area contributed by atoms with Crippen molar-refractivity contribution in [2.75, 3.05) is 6.54 Å². The summed E-state index contributed by atoms with van der Waals surface area (Å²) in [4.78, 5) is 9.52. The van der Waals surface area contributed by atoms with Crippen LogP contribution in [0.1, 0.15) is 75.6 Å². The molecule has 18 heavy (non-hydrogen) atoms. The van der Waals surface area contributed by atoms with Crippen LogP contribution in [0.3, 0.4) is 0 Å². The molecule has 0 bridgehead atoms. The zero-order valence-corrected chi connectivity index (χ0v) is 11.9. The highest BCUT2D eigenvalue weighted by Crippen LogP contribution is 2.22. The predicted octanol–water partition coefficient (Wildman–Crippen LogP) is 3.37. The van der Waals surface area contributed by atoms with Gasteiger partial charge in [-0.15, -0.1) is 0 Å². The lowest BCUT2D eigenvalue weighted by Crippen LogP contribution is -2.29. The van der Waals surface area contributed by atoms with Gasteiger partial charge in [0.05, 0.1) is 6.04 Å². The Kier molecular flexibility index (Phi) is 4.70. The number of hydrogen-bond donors (Lipinski definition) is 1. The van der Waals surface area contributed by atoms with Crippen molar-refractivity contribution in [3.05, 3.63) is 23.3 Å². The molecule has 0 saturated carbocycles. The van der Waals surface area contributed by atoms with Crippen LogP contribution in [0.4, 0.5) is 0 Å². The third-order valence-corrected chi connectivity index (χ3v) is 3.54. The van der Waals surface area contributed by atoms with E-state index in [1.54, 1.807) is 0 Å². The zero-order chi connectivity index (χ0) is 13.0. The second-order valence-corrected chi connectivity index (χ2v) is 5.55. The van der Waals surface area contributed by atoms with E-state index in [-0.39, 0.29) is 0 Å². The summed E-state index contributed by atoms with van der Waals surface area (Å²) in [5, 5.41) is 3.55. The van der Waals surface area contributed by atoms with Crippen LogP contribution < -0.4 is 5.32 Å². The standard InChI is InChI=1S/C15H25N3/c1-4-7-12-10-14(11(2)3)18-15(17-12)13-8-5-6-9-16-13/h10-11,13,16H,4-9H2,1-3H3. The Labute approximate surface area is 110 Å². The lowest BCUT2D eigenvalue weighted by atomic mass is 10.0. The van der Waals surface area contributed by atoms with Crippen molar-refractivity contribution in [2.24, 2.45) is 0 Å². The first-order valence-corrected chi connectivity index (χ1v) is 7.31. The lowest BCUT2D eigenvalue weighted by Gasteiger charge is -2.23. The third kappa shape index (κ3) is 3.29. The molecule has 2 rings (SSSR count). The number of nitrogens with one attached hydrogen (secondary N) is 1. The normalized spacial score (nSPS) is 20.3. The van der Waals surface area contributed by atoms with E-state index in [4.69, 9.17) is 9.97 Å². The van der Waals surface area contributed by atoms with Crippen LogP contribution in [-0.2, 0) is 6.42 Å². The minimum absolute atomic E-state index is 0.369. The van der Waals surface area contributed by atoms with Crippen LogP contribution in [0, 0.1) is 0 Å². The molecule has 0 aromatic carbocycles. The Morgan fingerprint density at radius 2 is 2.17 bits per heavy atom. The molecule has 3 nitrogen and oxygen atoms in total. The molecule has 1 unspecified atom stereocenters. The van der Waals surface area contributed by atoms with Gasteiger partial charge < -0.3 is 5.32 Å². The quantitative estimate of drug-likeness (QED) is 0.886. The van der Waals surface area contributed by atoms with Gasteiger partial charge in [-0.25, -0.2) is 9.97 Å². The molecule has 1 aliphatic rings. The van der Waals surface area contributed by atoms with Gasteiger partial charge in [0.2, 0.25) is 0 Å². The highest BCUT2D eigenvalue weighted by Gasteiger charge is 2.19. The molecular formula is C15H25N3. The van der Waals surface area contributed by atoms with E-state index < -0.39 is 0 Å². The number of aromatic nitrogens is 2. The van der Waals surface area contributed by atoms with Gasteiger partial charge in [-0.05, 0) is 37.8 Å². The first-order valence-electron chi connectivity index (χ1n) is 7.31. The summed E-state index contributed by atoms with van der Waals surface area (Å²) < 4.78 is 0. The summed E-state index contributed by atoms with van der Waals surface area (Å²) in [5.74, 6) is 1.50. The molecule has 0 amide bonds. The van der Waals surface area contributed by atoms with Gasteiger partial charge >= 0.3 is 0 Å². The summed E-state index contributed by atoms with van der Waals surface area (Å²) in [7, 11) is 0. The molecule has 1 fully saturated rings. The monoisotopic (exact) mass is 247 g/mol. The fraction of sp³-hybridized carbons (Fsp3) is 0.733. The number of hydrogen-bond acceptors (Lipinski definition) is 3. The van der Waals surface area contributed by atoms with Crippen molar-refractivity contribution in [3.8, 4) is 0 Å². The van der Waals surface area contributed by atoms with Crippen LogP contribution >= 0.6 is 0 Å². The molecule has 2 heterocycles. The smallest absolute Gasteiger partial charge is 0.145 e. The molecule has 1 aromatic heterocycles. The fourth-order valence-corrected chi connectivity index (χ4v) is 2.45. The highest BCUT2D eigenvalue weighted by molar-refractivity contribution is 5.16. The zero-order valence-electron chi connectivity index (χ0n) is 11.9. The molecule has 1 atom stereocenters. The van der Waals surface area contributed by atoms with Crippen molar-refractivity contribution in [1.82, 2.24) is 15.3 Å². The number of piperidine rings is 1. The summed E-state index contributed by atoms with van der Waals surface area (Å²) in [6.45, 7) is 7.71. The maximum atomic E-state index is 4.77. The van der Waals surface area contributed by atoms with Crippen LogP contribution in [0.5, 0.6) is 0 Å². The summed E-state index contributed by atoms with van der Waals surface area (Å²) in [6, 6.07) is 2.55. The Morgan fingerprint density at radius 1 is 1.33 bits per heavy atom. The molecule has 100 valence electrons. The van der Waals surface area contributed by atoms with Gasteiger partial charge in [0.15, 0.2) is 0 Å². The molecule has 1 aliphatic heterocycles. The minimum Gasteiger partial charge on any atom is -0.307 e. The fourth-order valence-electron chi connectivity index (χ4n) is 2.45. The SMILES string of the molecule is CCCc1cc(C(C)C)nc(C2CCCCN2)n1. The topological polar surface area (TPSA) is 37.8 Å². The van der Waals surface area contributed by atoms with E-state index in [0.717, 1.165) is 25.2 Å². The third-order valence-electron chi connectivity index (χ3n) is 3.54. The Balaban J connectivity index is 2.26. The van der Waals surface area contributed by atoms with Gasteiger partial charge in [-0.2, -0.15) is 0 Å². The molecule has 1 aromatic rings. The van der Waals surface area contributed by atoms with E-state index in [0.29, 0.717) is 12.0 Å². The second kappa shape index (κ2) is 6.28. The molecule has 1 saturated heterocycles. The maximum absolute atomic E-state index is 4.77. The van der Waals surface area contributed by atoms with Gasteiger partial charge in [-0.3, -0.25) is 0 Å². The van der Waals surface area contributed by atoms with Crippen molar-refractivity contribution in [1.29, 1.82) is 0 Å². The lowest BCUT2D eigenvalue weighted by molar-refractivity contribution is 0.395. The van der Waals surface area contributed by atoms with Crippen molar-refractivity contribution < 1.29 is 0 Å². The molecular weight excluding hydrogens is 222 g/mol. The van der Waals surface area contributed by atoms with Crippen LogP contribution in [-0.4, -0.2) is 16.5 Å². The molecule has 0 radical (unpaired) electrons. The predicted molar refractivity (Wildman–Crippen MR) is 74.7 cm³/mol. The molecule has 0 spiro atoms. The average molecular weight is 247 g/mol. The Hall–Kier alpha value is -0.960. The summed E-state index contributed by atoms with van der Waals surface area (Å²) in [6.07, 6.45) is 5.94. The highest BCUT2D eigenvalue weighted by atomic mass is 15.0. The van der Waals surface area contributed by atoms with Crippen LogP contribution in [0.15, 0.2) is 6.07 Å². The molecule has 3 heteroatoms. The summed E-state index contributed by atoms with van der Waals surface area (Å²) in [5.41, 5.74) is 2.40. The average Bonchev–Trinajstić information content (AvgIpc) is 2.40. The van der Waals surface area contributed by atoms with E-state index in [2.05, 4.69) is 32.2 Å². The Morgan fingerprint density at radius 3 is 2.78 bits per heavy atom. The molecule has 1 N–H and O–H groups in total. The van der Waals surface area contributed by atoms with Gasteiger partial charge in [0.1, 0.15) is 5.82 Å². The number of nitrogens with zero attached hydrogens (tertiary/aromatic N) is 2. The first-order chi connectivity index (χ1) is 8.70. The van der Waals surface area contributed by atoms with E-state index in [9.17, 15) is 0 Å². The Bertz CT molecular complexity index is 381. The van der Waals surface area contributed by atoms with Crippen LogP contribution in [0.2, 0.25) is 0 Å². The van der Waals surface area contributed by atoms with Gasteiger partial charge in [0.25, 0.3) is 0 Å². The van der Waals surface area contributed by atoms with Gasteiger partial charge in [-0.1, -0.05) is 33.6 Å². The van der Waals surface area contributed by atoms with Crippen molar-refractivity contribution in [2.45, 2.75) is 64.8 Å². The van der Waals surface area contributed by atoms with Gasteiger partial charge in [0, 0.05) is 11.4 Å². The van der Waals surface area contributed by atoms with E-state index >= 15 is 0 Å². The minimum atomic E-state index is 0.369.